The molecule has 9 aromatic heterocycles. The van der Waals surface area contributed by atoms with E-state index >= 15 is 0 Å². The summed E-state index contributed by atoms with van der Waals surface area (Å²) < 4.78 is 31.1. The van der Waals surface area contributed by atoms with Crippen LogP contribution in [0.1, 0.15) is 143 Å². The van der Waals surface area contributed by atoms with E-state index in [-0.39, 0.29) is 70.5 Å². The first-order valence-corrected chi connectivity index (χ1v) is 33.2. The van der Waals surface area contributed by atoms with E-state index in [0.717, 1.165) is 51.4 Å². The summed E-state index contributed by atoms with van der Waals surface area (Å²) in [5.74, 6) is 2.07. The summed E-state index contributed by atoms with van der Waals surface area (Å²) >= 11 is 0. The molecule has 0 bridgehead atoms. The molecule has 0 saturated heterocycles. The minimum atomic E-state index is -1.19. The molecule has 33 nitrogen and oxygen atoms in total. The van der Waals surface area contributed by atoms with Gasteiger partial charge in [-0.1, -0.05) is 12.8 Å². The molecule has 9 heterocycles. The number of ketones is 2. The van der Waals surface area contributed by atoms with E-state index in [1.807, 2.05) is 6.07 Å². The topological polar surface area (TPSA) is 422 Å². The Kier molecular flexibility index (Phi) is 24.4. The quantitative estimate of drug-likeness (QED) is 0.0340. The summed E-state index contributed by atoms with van der Waals surface area (Å²) in [6.07, 6.45) is 15.2. The molecule has 6 atom stereocenters. The van der Waals surface area contributed by atoms with Crippen LogP contribution in [0.4, 0.5) is 61.6 Å². The molecule has 33 heteroatoms. The largest absolute Gasteiger partial charge is 0.480 e. The average Bonchev–Trinajstić information content (AvgIpc) is 1.59. The number of carboxylic acid groups (broad SMARTS) is 1. The number of aliphatic hydroxyl groups is 3. The standard InChI is InChI=1S/C25H32N6O5.C20H24N6O3.C19H22N6O5.C5H11NO/c1-25(2,3)36-24(34)30(4)21-13-20(28-17-9-7-11-26-23(17)35-5)29-22-16(14-27-31(21)22)19(33)12-15-8-6-10-18(15)32;1-21-18-10-17(24-14-6-4-8-22-20(14)29-2)25-19-13(11-23-26(18)19)16(28)9-12-5-3-7-15(12)27;1-19(2,3)30-18(28)24(4)14-9-13(22-12-7-6-8-20-16(12)29-5)23-15-11(17(26)27)10-21-25(14)15;6-4-2-1-3-5(4)7/h7,9,11,13-15,18,32H,6,8,10,12H2,1-5H3,(H,28,29);4,6,8,10-12,15,21,27H,3,5,7,9H2,1-2H3,(H,24,25);6-10H,1-5H3,(H,22,23)(H,26,27);4-5,7H,1-3,6H2/t15?,18-;12?,15-;;4-,5?/m11.1/s1. The molecule has 0 aromatic carbocycles. The summed E-state index contributed by atoms with van der Waals surface area (Å²) in [6, 6.07) is 15.6. The predicted octanol–water partition coefficient (Wildman–Crippen LogP) is 9.44. The number of nitrogens with zero attached hydrogens (tertiary/aromatic N) is 14. The molecule has 12 rings (SSSR count). The van der Waals surface area contributed by atoms with Crippen molar-refractivity contribution in [2.75, 3.05) is 73.5 Å². The molecule has 9 aromatic rings. The monoisotopic (exact) mass is 1410 g/mol. The summed E-state index contributed by atoms with van der Waals surface area (Å²) in [5, 5.41) is 63.9. The highest BCUT2D eigenvalue weighted by atomic mass is 16.6. The normalized spacial score (nSPS) is 17.8. The first-order chi connectivity index (χ1) is 48.6. The molecule has 3 unspecified atom stereocenters. The Labute approximate surface area is 588 Å². The van der Waals surface area contributed by atoms with Crippen LogP contribution in [-0.2, 0) is 9.47 Å². The van der Waals surface area contributed by atoms with Crippen molar-refractivity contribution in [1.82, 2.24) is 58.7 Å². The van der Waals surface area contributed by atoms with Crippen LogP contribution in [0, 0.1) is 11.8 Å². The number of carbonyl (C=O) groups excluding carboxylic acids is 4. The number of carboxylic acids is 1. The number of hydrogen-bond donors (Lipinski definition) is 9. The van der Waals surface area contributed by atoms with E-state index in [1.165, 1.54) is 52.5 Å². The van der Waals surface area contributed by atoms with E-state index in [0.29, 0.717) is 87.6 Å². The highest BCUT2D eigenvalue weighted by Gasteiger charge is 2.33. The predicted molar refractivity (Wildman–Crippen MR) is 379 cm³/mol. The number of carbonyl (C=O) groups is 5. The van der Waals surface area contributed by atoms with Crippen LogP contribution in [0.15, 0.2) is 91.8 Å². The molecular weight excluding hydrogens is 1320 g/mol. The number of aromatic carboxylic acids is 1. The van der Waals surface area contributed by atoms with Crippen LogP contribution < -0.4 is 51.0 Å². The third kappa shape index (κ3) is 18.5. The number of hydrogen-bond acceptors (Lipinski definition) is 27. The van der Waals surface area contributed by atoms with Gasteiger partial charge in [-0.3, -0.25) is 19.4 Å². The van der Waals surface area contributed by atoms with Crippen LogP contribution in [-0.4, -0.2) is 187 Å². The number of methoxy groups -OCH3 is 3. The van der Waals surface area contributed by atoms with Crippen LogP contribution >= 0.6 is 0 Å². The Bertz CT molecular complexity index is 4430. The number of rotatable bonds is 19. The van der Waals surface area contributed by atoms with Gasteiger partial charge in [0.05, 0.1) is 69.4 Å². The molecule has 2 amide bonds. The van der Waals surface area contributed by atoms with Gasteiger partial charge in [-0.15, -0.1) is 0 Å². The van der Waals surface area contributed by atoms with Crippen molar-refractivity contribution in [3.05, 3.63) is 108 Å². The lowest BCUT2D eigenvalue weighted by atomic mass is 9.96. The first kappa shape index (κ1) is 75.3. The Morgan fingerprint density at radius 3 is 1.24 bits per heavy atom. The number of pyridine rings is 3. The third-order valence-corrected chi connectivity index (χ3v) is 16.8. The maximum Gasteiger partial charge on any atom is 0.415 e. The number of nitrogens with two attached hydrogens (primary N) is 1. The number of fused-ring (bicyclic) bond motifs is 3. The van der Waals surface area contributed by atoms with Gasteiger partial charge in [0.25, 0.3) is 0 Å². The fraction of sp³-hybridized carbons (Fsp3) is 0.449. The Hall–Kier alpha value is -10.9. The van der Waals surface area contributed by atoms with Crippen molar-refractivity contribution in [3.63, 3.8) is 0 Å². The molecule has 3 saturated carbocycles. The van der Waals surface area contributed by atoms with Crippen LogP contribution in [0.3, 0.4) is 0 Å². The number of anilines is 9. The fourth-order valence-corrected chi connectivity index (χ4v) is 11.6. The van der Waals surface area contributed by atoms with E-state index in [1.54, 1.807) is 141 Å². The zero-order valence-electron chi connectivity index (χ0n) is 59.1. The van der Waals surface area contributed by atoms with Crippen molar-refractivity contribution in [3.8, 4) is 17.6 Å². The SMILES string of the molecule is CNc1cc(Nc2cccnc2OC)nc2c(C(=O)CC3CCC[C@H]3O)cnn12.COc1ncccc1Nc1cc(N(C)C(=O)OC(C)(C)C)n2ncc(C(=O)CC3CCC[C@H]3O)c2n1.COc1ncccc1Nc1cc(N(C)C(=O)OC(C)(C)C)n2ncc(C(=O)O)c2n1.N[C@@H]1CCCC1O. The fourth-order valence-electron chi connectivity index (χ4n) is 11.6. The van der Waals surface area contributed by atoms with Gasteiger partial charge in [-0.05, 0) is 135 Å². The third-order valence-electron chi connectivity index (χ3n) is 16.8. The smallest absolute Gasteiger partial charge is 0.415 e. The van der Waals surface area contributed by atoms with Gasteiger partial charge in [0.2, 0.25) is 17.6 Å². The van der Waals surface area contributed by atoms with Crippen molar-refractivity contribution in [2.45, 2.75) is 148 Å². The summed E-state index contributed by atoms with van der Waals surface area (Å²) in [4.78, 5) is 91.8. The molecule has 0 aliphatic heterocycles. The van der Waals surface area contributed by atoms with Gasteiger partial charge < -0.3 is 71.1 Å². The van der Waals surface area contributed by atoms with Crippen molar-refractivity contribution in [1.29, 1.82) is 0 Å². The number of aromatic nitrogens is 12. The molecule has 544 valence electrons. The van der Waals surface area contributed by atoms with Gasteiger partial charge in [-0.2, -0.15) is 28.8 Å². The van der Waals surface area contributed by atoms with Crippen molar-refractivity contribution >= 4 is 98.6 Å². The molecular formula is C69H89N19O14. The molecule has 10 N–H and O–H groups in total. The molecule has 102 heavy (non-hydrogen) atoms. The summed E-state index contributed by atoms with van der Waals surface area (Å²) in [7, 11) is 9.38. The van der Waals surface area contributed by atoms with Crippen molar-refractivity contribution < 1.29 is 68.1 Å². The average molecular weight is 1410 g/mol. The van der Waals surface area contributed by atoms with E-state index in [9.17, 15) is 39.3 Å². The van der Waals surface area contributed by atoms with Crippen LogP contribution in [0.2, 0.25) is 0 Å². The second kappa shape index (κ2) is 33.1. The Morgan fingerprint density at radius 2 is 0.902 bits per heavy atom. The zero-order chi connectivity index (χ0) is 73.7. The van der Waals surface area contributed by atoms with E-state index in [4.69, 9.17) is 34.5 Å². The molecule has 3 fully saturated rings. The maximum absolute atomic E-state index is 13.2. The number of ether oxygens (including phenoxy) is 5. The highest BCUT2D eigenvalue weighted by Crippen LogP contribution is 2.35. The van der Waals surface area contributed by atoms with Crippen LogP contribution in [0.5, 0.6) is 17.6 Å². The maximum atomic E-state index is 13.2. The van der Waals surface area contributed by atoms with Gasteiger partial charge >= 0.3 is 18.2 Å². The summed E-state index contributed by atoms with van der Waals surface area (Å²) in [6.45, 7) is 10.6. The van der Waals surface area contributed by atoms with E-state index in [2.05, 4.69) is 66.5 Å². The van der Waals surface area contributed by atoms with Gasteiger partial charge in [0.15, 0.2) is 28.5 Å². The second-order valence-corrected chi connectivity index (χ2v) is 26.5. The molecule has 3 aliphatic carbocycles. The number of aliphatic hydroxyl groups excluding tert-OH is 3. The number of amides is 2. The molecule has 0 radical (unpaired) electrons. The Morgan fingerprint density at radius 1 is 0.539 bits per heavy atom. The lowest BCUT2D eigenvalue weighted by Crippen LogP contribution is -2.35. The number of nitrogens with one attached hydrogen (secondary N) is 4. The minimum absolute atomic E-state index is 0.00202. The zero-order valence-corrected chi connectivity index (χ0v) is 59.1. The molecule has 0 spiro atoms. The van der Waals surface area contributed by atoms with Crippen molar-refractivity contribution in [2.24, 2.45) is 17.6 Å². The van der Waals surface area contributed by atoms with Gasteiger partial charge in [0.1, 0.15) is 68.7 Å². The van der Waals surface area contributed by atoms with Crippen LogP contribution in [0.25, 0.3) is 16.9 Å². The Balaban J connectivity index is 0.000000170. The second-order valence-electron chi connectivity index (χ2n) is 26.5. The first-order valence-electron chi connectivity index (χ1n) is 33.2. The number of Topliss-reactive ketones (excluding diaryl/α,β-unsaturated/α-hetero) is 2. The van der Waals surface area contributed by atoms with E-state index < -0.39 is 41.6 Å². The van der Waals surface area contributed by atoms with Gasteiger partial charge in [-0.25, -0.2) is 44.3 Å². The lowest BCUT2D eigenvalue weighted by Gasteiger charge is -2.25. The van der Waals surface area contributed by atoms with Gasteiger partial charge in [0, 0.05) is 76.8 Å². The summed E-state index contributed by atoms with van der Waals surface area (Å²) in [5.41, 5.74) is 7.20. The highest BCUT2D eigenvalue weighted by molar-refractivity contribution is 6.03. The minimum Gasteiger partial charge on any atom is -0.480 e. The lowest BCUT2D eigenvalue weighted by molar-refractivity contribution is 0.0577. The molecule has 3 aliphatic rings.